The molecule has 2 nitrogen and oxygen atoms in total. The van der Waals surface area contributed by atoms with Gasteiger partial charge in [0.05, 0.1) is 19.3 Å². The van der Waals surface area contributed by atoms with Crippen LogP contribution in [0, 0.1) is 29.1 Å². The number of rotatable bonds is 8. The largest absolute Gasteiger partial charge is 0.491 e. The van der Waals surface area contributed by atoms with Crippen molar-refractivity contribution in [3.63, 3.8) is 0 Å². The van der Waals surface area contributed by atoms with Crippen LogP contribution in [0.5, 0.6) is 5.75 Å². The highest BCUT2D eigenvalue weighted by Crippen LogP contribution is 2.34. The van der Waals surface area contributed by atoms with Crippen molar-refractivity contribution < 1.29 is 31.4 Å². The van der Waals surface area contributed by atoms with E-state index in [0.717, 1.165) is 18.9 Å². The molecule has 1 heterocycles. The number of hydrogen-bond donors (Lipinski definition) is 0. The molecule has 3 aromatic rings. The lowest BCUT2D eigenvalue weighted by molar-refractivity contribution is 0.0319. The molecule has 0 spiro atoms. The van der Waals surface area contributed by atoms with Crippen molar-refractivity contribution in [2.24, 2.45) is 0 Å². The van der Waals surface area contributed by atoms with Crippen LogP contribution in [0.15, 0.2) is 54.6 Å². The van der Waals surface area contributed by atoms with Gasteiger partial charge in [0.1, 0.15) is 5.82 Å². The van der Waals surface area contributed by atoms with E-state index in [1.54, 1.807) is 19.1 Å². The lowest BCUT2D eigenvalue weighted by Crippen LogP contribution is -2.23. The minimum atomic E-state index is -1.31. The van der Waals surface area contributed by atoms with E-state index in [9.17, 15) is 22.0 Å². The van der Waals surface area contributed by atoms with Crippen LogP contribution in [0.4, 0.5) is 22.0 Å². The lowest BCUT2D eigenvalue weighted by Gasteiger charge is -2.28. The van der Waals surface area contributed by atoms with Crippen molar-refractivity contribution in [1.82, 2.24) is 0 Å². The Hall–Kier alpha value is -3.19. The summed E-state index contributed by atoms with van der Waals surface area (Å²) in [5, 5.41) is 0. The predicted molar refractivity (Wildman–Crippen MR) is 133 cm³/mol. The van der Waals surface area contributed by atoms with Crippen molar-refractivity contribution >= 4 is 0 Å². The van der Waals surface area contributed by atoms with Crippen molar-refractivity contribution in [1.29, 1.82) is 0 Å². The smallest absolute Gasteiger partial charge is 0.201 e. The molecule has 7 heteroatoms. The molecule has 196 valence electrons. The zero-order valence-corrected chi connectivity index (χ0v) is 20.8. The van der Waals surface area contributed by atoms with E-state index < -0.39 is 28.8 Å². The van der Waals surface area contributed by atoms with E-state index in [2.05, 4.69) is 0 Å². The van der Waals surface area contributed by atoms with E-state index in [1.807, 2.05) is 19.1 Å². The molecule has 1 fully saturated rings. The van der Waals surface area contributed by atoms with Gasteiger partial charge in [-0.2, -0.15) is 4.39 Å². The third-order valence-electron chi connectivity index (χ3n) is 6.71. The van der Waals surface area contributed by atoms with Crippen LogP contribution < -0.4 is 4.74 Å². The van der Waals surface area contributed by atoms with Crippen molar-refractivity contribution in [3.05, 3.63) is 100 Å². The van der Waals surface area contributed by atoms with Gasteiger partial charge in [-0.1, -0.05) is 36.4 Å². The van der Waals surface area contributed by atoms with Crippen LogP contribution in [0.25, 0.3) is 11.1 Å². The fourth-order valence-corrected chi connectivity index (χ4v) is 4.72. The van der Waals surface area contributed by atoms with Crippen LogP contribution in [0.2, 0.25) is 0 Å². The Morgan fingerprint density at radius 3 is 2.24 bits per heavy atom. The maximum atomic E-state index is 14.9. The van der Waals surface area contributed by atoms with Crippen LogP contribution in [-0.2, 0) is 17.6 Å². The molecule has 0 bridgehead atoms. The van der Waals surface area contributed by atoms with Gasteiger partial charge in [0, 0.05) is 17.0 Å². The Morgan fingerprint density at radius 2 is 1.59 bits per heavy atom. The second-order valence-corrected chi connectivity index (χ2v) is 9.10. The van der Waals surface area contributed by atoms with Gasteiger partial charge >= 0.3 is 0 Å². The minimum Gasteiger partial charge on any atom is -0.491 e. The van der Waals surface area contributed by atoms with E-state index >= 15 is 0 Å². The van der Waals surface area contributed by atoms with Crippen LogP contribution in [0.1, 0.15) is 49.3 Å². The molecule has 1 aliphatic heterocycles. The first-order chi connectivity index (χ1) is 17.8. The van der Waals surface area contributed by atoms with Crippen LogP contribution in [-0.4, -0.2) is 19.3 Å². The summed E-state index contributed by atoms with van der Waals surface area (Å²) in [5.74, 6) is -5.64. The molecular weight excluding hydrogens is 487 g/mol. The maximum absolute atomic E-state index is 14.9. The molecule has 0 saturated carbocycles. The summed E-state index contributed by atoms with van der Waals surface area (Å²) in [7, 11) is 0. The highest BCUT2D eigenvalue weighted by Gasteiger charge is 2.24. The molecule has 0 amide bonds. The molecule has 2 atom stereocenters. The van der Waals surface area contributed by atoms with Crippen molar-refractivity contribution in [2.75, 3.05) is 13.2 Å². The maximum Gasteiger partial charge on any atom is 0.201 e. The van der Waals surface area contributed by atoms with Gasteiger partial charge in [-0.3, -0.25) is 0 Å². The molecule has 0 radical (unpaired) electrons. The van der Waals surface area contributed by atoms with Gasteiger partial charge in [0.25, 0.3) is 0 Å². The molecule has 4 rings (SSSR count). The molecule has 0 aliphatic carbocycles. The molecular formula is C30H29F5O2. The summed E-state index contributed by atoms with van der Waals surface area (Å²) < 4.78 is 84.1. The first-order valence-corrected chi connectivity index (χ1v) is 12.4. The van der Waals surface area contributed by atoms with Gasteiger partial charge in [-0.05, 0) is 74.4 Å². The third kappa shape index (κ3) is 5.87. The Labute approximate surface area is 213 Å². The summed E-state index contributed by atoms with van der Waals surface area (Å²) in [5.41, 5.74) is 0.517. The Morgan fingerprint density at radius 1 is 0.865 bits per heavy atom. The highest BCUT2D eigenvalue weighted by atomic mass is 19.2. The number of hydrogen-bond acceptors (Lipinski definition) is 2. The first-order valence-electron chi connectivity index (χ1n) is 12.4. The summed E-state index contributed by atoms with van der Waals surface area (Å²) >= 11 is 0. The average molecular weight is 517 g/mol. The molecule has 0 aromatic heterocycles. The Bertz CT molecular complexity index is 1280. The van der Waals surface area contributed by atoms with E-state index in [1.165, 1.54) is 24.3 Å². The van der Waals surface area contributed by atoms with E-state index in [4.69, 9.17) is 9.47 Å². The summed E-state index contributed by atoms with van der Waals surface area (Å²) in [6.45, 7) is 4.13. The minimum absolute atomic E-state index is 0.0255. The van der Waals surface area contributed by atoms with Gasteiger partial charge in [0.2, 0.25) is 5.82 Å². The highest BCUT2D eigenvalue weighted by molar-refractivity contribution is 5.66. The quantitative estimate of drug-likeness (QED) is 0.223. The van der Waals surface area contributed by atoms with Gasteiger partial charge in [-0.25, -0.2) is 17.6 Å². The number of halogens is 5. The second kappa shape index (κ2) is 11.9. The zero-order valence-electron chi connectivity index (χ0n) is 20.8. The first kappa shape index (κ1) is 26.9. The SMILES string of the molecule is CC=CC1CCC(c2ccc(CCc3ccc(-c4ccc(OCC)c(F)c4F)c(F)c3F)cc2F)CO1. The Kier molecular flexibility index (Phi) is 8.64. The van der Waals surface area contributed by atoms with Crippen LogP contribution in [0.3, 0.4) is 0 Å². The fraction of sp³-hybridized carbons (Fsp3) is 0.333. The van der Waals surface area contributed by atoms with E-state index in [-0.39, 0.29) is 54.2 Å². The number of ether oxygens (including phenoxy) is 2. The van der Waals surface area contributed by atoms with Gasteiger partial charge in [0.15, 0.2) is 23.2 Å². The topological polar surface area (TPSA) is 18.5 Å². The van der Waals surface area contributed by atoms with Gasteiger partial charge in [-0.15, -0.1) is 0 Å². The second-order valence-electron chi connectivity index (χ2n) is 9.10. The zero-order chi connectivity index (χ0) is 26.5. The molecule has 2 unspecified atom stereocenters. The van der Waals surface area contributed by atoms with Crippen molar-refractivity contribution in [3.8, 4) is 16.9 Å². The standard InChI is InChI=1S/C30H29F5O2/c1-3-5-21-11-9-20(17-37-21)22-12-7-18(16-25(22)31)6-8-19-10-13-23(28(33)27(19)32)24-14-15-26(36-4-2)30(35)29(24)34/h3,5,7,10,12-16,20-21H,4,6,8-9,11,17H2,1-2H3. The fourth-order valence-electron chi connectivity index (χ4n) is 4.72. The number of allylic oxidation sites excluding steroid dienone is 1. The summed E-state index contributed by atoms with van der Waals surface area (Å²) in [4.78, 5) is 0. The summed E-state index contributed by atoms with van der Waals surface area (Å²) in [6.07, 6.45) is 6.04. The van der Waals surface area contributed by atoms with Crippen LogP contribution >= 0.6 is 0 Å². The molecule has 0 N–H and O–H groups in total. The molecule has 37 heavy (non-hydrogen) atoms. The molecule has 3 aromatic carbocycles. The lowest BCUT2D eigenvalue weighted by atomic mass is 9.89. The Balaban J connectivity index is 1.46. The number of aryl methyl sites for hydroxylation is 2. The number of benzene rings is 3. The average Bonchev–Trinajstić information content (AvgIpc) is 2.89. The molecule has 1 saturated heterocycles. The van der Waals surface area contributed by atoms with Crippen molar-refractivity contribution in [2.45, 2.75) is 51.6 Å². The predicted octanol–water partition coefficient (Wildman–Crippen LogP) is 8.07. The molecule has 1 aliphatic rings. The van der Waals surface area contributed by atoms with E-state index in [0.29, 0.717) is 17.7 Å². The normalized spacial score (nSPS) is 17.9. The van der Waals surface area contributed by atoms with Gasteiger partial charge < -0.3 is 9.47 Å². The third-order valence-corrected chi connectivity index (χ3v) is 6.71. The summed E-state index contributed by atoms with van der Waals surface area (Å²) in [6, 6.07) is 9.85. The monoisotopic (exact) mass is 516 g/mol.